The zero-order valence-electron chi connectivity index (χ0n) is 10.4. The minimum atomic E-state index is -0.969. The number of anilines is 1. The lowest BCUT2D eigenvalue weighted by Crippen LogP contribution is -2.32. The van der Waals surface area contributed by atoms with Crippen LogP contribution in [0.25, 0.3) is 0 Å². The number of carboxylic acid groups (broad SMARTS) is 1. The third-order valence-electron chi connectivity index (χ3n) is 2.83. The van der Waals surface area contributed by atoms with Crippen LogP contribution in [0.3, 0.4) is 0 Å². The Labute approximate surface area is 101 Å². The topological polar surface area (TPSA) is 69.6 Å². The van der Waals surface area contributed by atoms with Crippen molar-refractivity contribution < 1.29 is 15.0 Å². The summed E-state index contributed by atoms with van der Waals surface area (Å²) in [6.45, 7) is 5.83. The van der Waals surface area contributed by atoms with Gasteiger partial charge in [0.25, 0.3) is 0 Å². The largest absolute Gasteiger partial charge is 0.478 e. The van der Waals surface area contributed by atoms with Gasteiger partial charge in [0.15, 0.2) is 0 Å². The summed E-state index contributed by atoms with van der Waals surface area (Å²) in [5, 5.41) is 21.9. The van der Waals surface area contributed by atoms with Gasteiger partial charge in [0.05, 0.1) is 11.2 Å². The van der Waals surface area contributed by atoms with Crippen LogP contribution in [0.1, 0.15) is 36.2 Å². The van der Waals surface area contributed by atoms with Crippen LogP contribution < -0.4 is 5.32 Å². The second-order valence-electron chi connectivity index (χ2n) is 4.56. The van der Waals surface area contributed by atoms with Gasteiger partial charge < -0.3 is 15.5 Å². The van der Waals surface area contributed by atoms with Gasteiger partial charge in [0, 0.05) is 12.2 Å². The molecule has 1 aromatic carbocycles. The van der Waals surface area contributed by atoms with E-state index in [1.807, 2.05) is 13.8 Å². The summed E-state index contributed by atoms with van der Waals surface area (Å²) in [4.78, 5) is 11.0. The number of hydrogen-bond donors (Lipinski definition) is 3. The summed E-state index contributed by atoms with van der Waals surface area (Å²) in [6.07, 6.45) is 0.605. The SMILES string of the molecule is CCC(C)(O)CNc1cc(C)ccc1C(=O)O. The molecule has 0 aliphatic rings. The average molecular weight is 237 g/mol. The van der Waals surface area contributed by atoms with E-state index in [1.54, 1.807) is 25.1 Å². The molecule has 1 unspecified atom stereocenters. The maximum absolute atomic E-state index is 11.0. The quantitative estimate of drug-likeness (QED) is 0.734. The number of carbonyl (C=O) groups is 1. The van der Waals surface area contributed by atoms with Crippen LogP contribution in [0, 0.1) is 6.92 Å². The van der Waals surface area contributed by atoms with E-state index >= 15 is 0 Å². The van der Waals surface area contributed by atoms with Gasteiger partial charge in [-0.3, -0.25) is 0 Å². The molecule has 0 aliphatic carbocycles. The third-order valence-corrected chi connectivity index (χ3v) is 2.83. The number of nitrogens with one attached hydrogen (secondary N) is 1. The summed E-state index contributed by atoms with van der Waals surface area (Å²) in [5.41, 5.74) is 0.918. The molecule has 1 rings (SSSR count). The number of benzene rings is 1. The maximum atomic E-state index is 11.0. The van der Waals surface area contributed by atoms with Crippen LogP contribution in [0.15, 0.2) is 18.2 Å². The molecule has 4 heteroatoms. The lowest BCUT2D eigenvalue weighted by Gasteiger charge is -2.23. The Morgan fingerprint density at radius 2 is 2.12 bits per heavy atom. The van der Waals surface area contributed by atoms with Gasteiger partial charge in [0.2, 0.25) is 0 Å². The average Bonchev–Trinajstić information content (AvgIpc) is 2.26. The van der Waals surface area contributed by atoms with Crippen molar-refractivity contribution in [1.82, 2.24) is 0 Å². The Kier molecular flexibility index (Phi) is 4.12. The first-order valence-electron chi connectivity index (χ1n) is 5.66. The summed E-state index contributed by atoms with van der Waals surface area (Å²) in [6, 6.07) is 5.10. The third kappa shape index (κ3) is 3.75. The molecular weight excluding hydrogens is 218 g/mol. The summed E-state index contributed by atoms with van der Waals surface area (Å²) in [5.74, 6) is -0.969. The number of rotatable bonds is 5. The van der Waals surface area contributed by atoms with Gasteiger partial charge in [-0.2, -0.15) is 0 Å². The van der Waals surface area contributed by atoms with E-state index in [4.69, 9.17) is 5.11 Å². The Morgan fingerprint density at radius 3 is 2.65 bits per heavy atom. The zero-order chi connectivity index (χ0) is 13.1. The molecule has 1 aromatic rings. The lowest BCUT2D eigenvalue weighted by atomic mass is 10.0. The minimum Gasteiger partial charge on any atom is -0.478 e. The van der Waals surface area contributed by atoms with Gasteiger partial charge in [-0.15, -0.1) is 0 Å². The van der Waals surface area contributed by atoms with Crippen molar-refractivity contribution in [3.8, 4) is 0 Å². The predicted molar refractivity (Wildman–Crippen MR) is 67.5 cm³/mol. The van der Waals surface area contributed by atoms with Crippen LogP contribution in [0.5, 0.6) is 0 Å². The molecule has 17 heavy (non-hydrogen) atoms. The van der Waals surface area contributed by atoms with E-state index in [0.717, 1.165) is 5.56 Å². The van der Waals surface area contributed by atoms with E-state index in [-0.39, 0.29) is 5.56 Å². The highest BCUT2D eigenvalue weighted by atomic mass is 16.4. The van der Waals surface area contributed by atoms with E-state index in [1.165, 1.54) is 0 Å². The van der Waals surface area contributed by atoms with Gasteiger partial charge in [-0.1, -0.05) is 13.0 Å². The molecule has 94 valence electrons. The van der Waals surface area contributed by atoms with Crippen LogP contribution in [-0.4, -0.2) is 28.3 Å². The molecule has 0 aromatic heterocycles. The molecule has 0 saturated heterocycles. The maximum Gasteiger partial charge on any atom is 0.337 e. The number of aliphatic hydroxyl groups is 1. The van der Waals surface area contributed by atoms with Crippen molar-refractivity contribution in [3.05, 3.63) is 29.3 Å². The smallest absolute Gasteiger partial charge is 0.337 e. The van der Waals surface area contributed by atoms with Gasteiger partial charge in [-0.05, 0) is 38.0 Å². The second-order valence-corrected chi connectivity index (χ2v) is 4.56. The Bertz CT molecular complexity index is 413. The first kappa shape index (κ1) is 13.5. The second kappa shape index (κ2) is 5.19. The molecule has 0 bridgehead atoms. The van der Waals surface area contributed by atoms with Crippen molar-refractivity contribution in [2.24, 2.45) is 0 Å². The van der Waals surface area contributed by atoms with Crippen molar-refractivity contribution in [3.63, 3.8) is 0 Å². The number of aromatic carboxylic acids is 1. The molecular formula is C13H19NO3. The van der Waals surface area contributed by atoms with Crippen molar-refractivity contribution in [1.29, 1.82) is 0 Å². The lowest BCUT2D eigenvalue weighted by molar-refractivity contribution is 0.0677. The molecule has 0 amide bonds. The fourth-order valence-electron chi connectivity index (χ4n) is 1.40. The normalized spacial score (nSPS) is 14.1. The summed E-state index contributed by atoms with van der Waals surface area (Å²) in [7, 11) is 0. The van der Waals surface area contributed by atoms with Crippen LogP contribution >= 0.6 is 0 Å². The van der Waals surface area contributed by atoms with Gasteiger partial charge in [-0.25, -0.2) is 4.79 Å². The molecule has 0 saturated carbocycles. The highest BCUT2D eigenvalue weighted by Gasteiger charge is 2.18. The molecule has 0 spiro atoms. The Balaban J connectivity index is 2.89. The first-order chi connectivity index (χ1) is 7.85. The Morgan fingerprint density at radius 1 is 1.47 bits per heavy atom. The molecule has 0 fully saturated rings. The van der Waals surface area contributed by atoms with Crippen LogP contribution in [0.4, 0.5) is 5.69 Å². The Hall–Kier alpha value is -1.55. The standard InChI is InChI=1S/C13H19NO3/c1-4-13(3,17)8-14-11-7-9(2)5-6-10(11)12(15)16/h5-7,14,17H,4,8H2,1-3H3,(H,15,16). The molecule has 4 nitrogen and oxygen atoms in total. The number of carboxylic acids is 1. The van der Waals surface area contributed by atoms with E-state index in [2.05, 4.69) is 5.32 Å². The molecule has 1 atom stereocenters. The number of hydrogen-bond acceptors (Lipinski definition) is 3. The van der Waals surface area contributed by atoms with Gasteiger partial charge >= 0.3 is 5.97 Å². The predicted octanol–water partition coefficient (Wildman–Crippen LogP) is 2.27. The van der Waals surface area contributed by atoms with Crippen molar-refractivity contribution in [2.45, 2.75) is 32.8 Å². The van der Waals surface area contributed by atoms with Crippen LogP contribution in [0.2, 0.25) is 0 Å². The molecule has 0 aliphatic heterocycles. The summed E-state index contributed by atoms with van der Waals surface area (Å²) < 4.78 is 0. The van der Waals surface area contributed by atoms with Crippen molar-refractivity contribution in [2.75, 3.05) is 11.9 Å². The van der Waals surface area contributed by atoms with Gasteiger partial charge in [0.1, 0.15) is 0 Å². The van der Waals surface area contributed by atoms with Crippen molar-refractivity contribution >= 4 is 11.7 Å². The van der Waals surface area contributed by atoms with E-state index in [9.17, 15) is 9.90 Å². The molecule has 3 N–H and O–H groups in total. The molecule has 0 heterocycles. The van der Waals surface area contributed by atoms with E-state index < -0.39 is 11.6 Å². The summed E-state index contributed by atoms with van der Waals surface area (Å²) >= 11 is 0. The fourth-order valence-corrected chi connectivity index (χ4v) is 1.40. The fraction of sp³-hybridized carbons (Fsp3) is 0.462. The highest BCUT2D eigenvalue weighted by molar-refractivity contribution is 5.94. The van der Waals surface area contributed by atoms with Crippen LogP contribution in [-0.2, 0) is 0 Å². The first-order valence-corrected chi connectivity index (χ1v) is 5.66. The highest BCUT2D eigenvalue weighted by Crippen LogP contribution is 2.19. The number of aryl methyl sites for hydroxylation is 1. The van der Waals surface area contributed by atoms with E-state index in [0.29, 0.717) is 18.7 Å². The molecule has 0 radical (unpaired) electrons. The zero-order valence-corrected chi connectivity index (χ0v) is 10.4. The monoisotopic (exact) mass is 237 g/mol. The minimum absolute atomic E-state index is 0.225.